The minimum Gasteiger partial charge on any atom is -0.497 e. The van der Waals surface area contributed by atoms with Crippen LogP contribution >= 0.6 is 0 Å². The fourth-order valence-corrected chi connectivity index (χ4v) is 5.00. The highest BCUT2D eigenvalue weighted by molar-refractivity contribution is 5.79. The van der Waals surface area contributed by atoms with Gasteiger partial charge in [-0.1, -0.05) is 36.4 Å². The molecule has 0 bridgehead atoms. The molecule has 1 aliphatic rings. The Hall–Kier alpha value is -4.10. The lowest BCUT2D eigenvalue weighted by Gasteiger charge is -2.36. The third kappa shape index (κ3) is 6.15. The van der Waals surface area contributed by atoms with Crippen molar-refractivity contribution in [2.45, 2.75) is 39.3 Å². The third-order valence-electron chi connectivity index (χ3n) is 7.02. The zero-order chi connectivity index (χ0) is 27.2. The number of fused-ring (bicyclic) bond motifs is 1. The van der Waals surface area contributed by atoms with Crippen LogP contribution in [-0.4, -0.2) is 42.7 Å². The Bertz CT molecular complexity index is 1400. The van der Waals surface area contributed by atoms with Crippen LogP contribution in [-0.2, 0) is 28.9 Å². The van der Waals surface area contributed by atoms with Crippen molar-refractivity contribution in [3.8, 4) is 23.0 Å². The van der Waals surface area contributed by atoms with Crippen molar-refractivity contribution in [2.24, 2.45) is 0 Å². The molecule has 0 radical (unpaired) electrons. The molecule has 0 saturated heterocycles. The lowest BCUT2D eigenvalue weighted by molar-refractivity contribution is -0.150. The van der Waals surface area contributed by atoms with Gasteiger partial charge in [-0.3, -0.25) is 4.90 Å². The molecular formula is C32H34N2O5. The van der Waals surface area contributed by atoms with Gasteiger partial charge in [-0.05, 0) is 73.4 Å². The van der Waals surface area contributed by atoms with E-state index in [2.05, 4.69) is 16.0 Å². The van der Waals surface area contributed by atoms with Gasteiger partial charge >= 0.3 is 5.97 Å². The first-order valence-electron chi connectivity index (χ1n) is 13.4. The van der Waals surface area contributed by atoms with Crippen molar-refractivity contribution >= 4 is 5.97 Å². The van der Waals surface area contributed by atoms with Crippen LogP contribution in [0.4, 0.5) is 0 Å². The van der Waals surface area contributed by atoms with Gasteiger partial charge in [0, 0.05) is 25.1 Å². The van der Waals surface area contributed by atoms with E-state index in [-0.39, 0.29) is 5.97 Å². The maximum absolute atomic E-state index is 13.2. The molecule has 0 fully saturated rings. The molecule has 1 unspecified atom stereocenters. The summed E-state index contributed by atoms with van der Waals surface area (Å²) in [4.78, 5) is 20.0. The Kier molecular flexibility index (Phi) is 8.27. The lowest BCUT2D eigenvalue weighted by Crippen LogP contribution is -2.40. The smallest absolute Gasteiger partial charge is 0.328 e. The minimum absolute atomic E-state index is 0.240. The Morgan fingerprint density at radius 1 is 1.05 bits per heavy atom. The van der Waals surface area contributed by atoms with Gasteiger partial charge < -0.3 is 18.6 Å². The van der Waals surface area contributed by atoms with Gasteiger partial charge in [-0.25, -0.2) is 9.78 Å². The molecule has 7 nitrogen and oxygen atoms in total. The number of hydrogen-bond donors (Lipinski definition) is 0. The average Bonchev–Trinajstić information content (AvgIpc) is 3.34. The van der Waals surface area contributed by atoms with Crippen molar-refractivity contribution in [1.29, 1.82) is 0 Å². The number of carbonyl (C=O) groups excluding carboxylic acids is 1. The molecule has 0 amide bonds. The molecule has 0 saturated carbocycles. The Balaban J connectivity index is 1.30. The highest BCUT2D eigenvalue weighted by Crippen LogP contribution is 2.35. The number of hydrogen-bond acceptors (Lipinski definition) is 7. The summed E-state index contributed by atoms with van der Waals surface area (Å²) in [6.45, 7) is 5.93. The summed E-state index contributed by atoms with van der Waals surface area (Å²) in [5.74, 6) is 2.70. The molecule has 202 valence electrons. The van der Waals surface area contributed by atoms with Crippen LogP contribution in [0, 0.1) is 6.92 Å². The molecule has 4 aromatic rings. The van der Waals surface area contributed by atoms with Gasteiger partial charge in [-0.15, -0.1) is 0 Å². The molecular weight excluding hydrogens is 492 g/mol. The second-order valence-electron chi connectivity index (χ2n) is 9.57. The number of benzene rings is 3. The maximum Gasteiger partial charge on any atom is 0.328 e. The SMILES string of the molecule is CCOC(=O)C1c2cc(OCCc3nc(-c4ccccc4)oc3C)ccc2CCN1Cc1ccc(OC)cc1. The van der Waals surface area contributed by atoms with Crippen molar-refractivity contribution in [2.75, 3.05) is 26.9 Å². The van der Waals surface area contributed by atoms with E-state index in [0.29, 0.717) is 32.1 Å². The summed E-state index contributed by atoms with van der Waals surface area (Å²) in [6, 6.07) is 23.4. The van der Waals surface area contributed by atoms with Gasteiger partial charge in [0.15, 0.2) is 0 Å². The molecule has 5 rings (SSSR count). The highest BCUT2D eigenvalue weighted by atomic mass is 16.5. The number of rotatable bonds is 10. The van der Waals surface area contributed by atoms with Gasteiger partial charge in [0.2, 0.25) is 5.89 Å². The predicted octanol–water partition coefficient (Wildman–Crippen LogP) is 5.94. The number of esters is 1. The second-order valence-corrected chi connectivity index (χ2v) is 9.57. The van der Waals surface area contributed by atoms with E-state index in [1.807, 2.05) is 80.6 Å². The molecule has 39 heavy (non-hydrogen) atoms. The summed E-state index contributed by atoms with van der Waals surface area (Å²) in [5.41, 5.74) is 5.02. The molecule has 0 N–H and O–H groups in total. The topological polar surface area (TPSA) is 74.0 Å². The fraction of sp³-hybridized carbons (Fsp3) is 0.312. The summed E-state index contributed by atoms with van der Waals surface area (Å²) in [7, 11) is 1.65. The number of nitrogens with zero attached hydrogens (tertiary/aromatic N) is 2. The Morgan fingerprint density at radius 3 is 2.56 bits per heavy atom. The van der Waals surface area contributed by atoms with Crippen molar-refractivity contribution < 1.29 is 23.4 Å². The van der Waals surface area contributed by atoms with Crippen LogP contribution in [0.15, 0.2) is 77.2 Å². The van der Waals surface area contributed by atoms with Crippen LogP contribution in [0.5, 0.6) is 11.5 Å². The first-order chi connectivity index (χ1) is 19.1. The third-order valence-corrected chi connectivity index (χ3v) is 7.02. The number of carbonyl (C=O) groups is 1. The highest BCUT2D eigenvalue weighted by Gasteiger charge is 2.34. The largest absolute Gasteiger partial charge is 0.497 e. The first-order valence-corrected chi connectivity index (χ1v) is 13.4. The van der Waals surface area contributed by atoms with E-state index in [0.717, 1.165) is 58.2 Å². The zero-order valence-electron chi connectivity index (χ0n) is 22.7. The van der Waals surface area contributed by atoms with E-state index < -0.39 is 6.04 Å². The number of methoxy groups -OCH3 is 1. The molecule has 3 aromatic carbocycles. The minimum atomic E-state index is -0.495. The Labute approximate surface area is 229 Å². The lowest BCUT2D eigenvalue weighted by atomic mass is 9.91. The molecule has 7 heteroatoms. The molecule has 0 spiro atoms. The van der Waals surface area contributed by atoms with Crippen LogP contribution in [0.1, 0.15) is 41.1 Å². The van der Waals surface area contributed by atoms with Crippen molar-refractivity contribution in [1.82, 2.24) is 9.88 Å². The standard InChI is InChI=1S/C32H34N2O5/c1-4-37-32(35)30-28-20-27(38-19-17-29-22(2)39-31(33-29)25-8-6-5-7-9-25)15-12-24(28)16-18-34(30)21-23-10-13-26(36-3)14-11-23/h5-15,20,30H,4,16-19,21H2,1-3H3. The predicted molar refractivity (Wildman–Crippen MR) is 149 cm³/mol. The van der Waals surface area contributed by atoms with E-state index in [9.17, 15) is 4.79 Å². The summed E-state index contributed by atoms with van der Waals surface area (Å²) >= 11 is 0. The monoisotopic (exact) mass is 526 g/mol. The maximum atomic E-state index is 13.2. The molecule has 1 atom stereocenters. The number of aryl methyl sites for hydroxylation is 1. The normalized spacial score (nSPS) is 15.0. The van der Waals surface area contributed by atoms with Crippen molar-refractivity contribution in [3.05, 3.63) is 101 Å². The van der Waals surface area contributed by atoms with Gasteiger partial charge in [0.1, 0.15) is 23.3 Å². The molecule has 2 heterocycles. The van der Waals surface area contributed by atoms with Crippen LogP contribution in [0.3, 0.4) is 0 Å². The van der Waals surface area contributed by atoms with Crippen LogP contribution in [0.25, 0.3) is 11.5 Å². The molecule has 1 aliphatic heterocycles. The molecule has 0 aliphatic carbocycles. The fourth-order valence-electron chi connectivity index (χ4n) is 5.00. The van der Waals surface area contributed by atoms with E-state index in [1.54, 1.807) is 7.11 Å². The number of oxazole rings is 1. The summed E-state index contributed by atoms with van der Waals surface area (Å²) in [5, 5.41) is 0. The van der Waals surface area contributed by atoms with Gasteiger partial charge in [-0.2, -0.15) is 0 Å². The number of ether oxygens (including phenoxy) is 3. The summed E-state index contributed by atoms with van der Waals surface area (Å²) in [6.07, 6.45) is 1.46. The van der Waals surface area contributed by atoms with E-state index >= 15 is 0 Å². The number of aromatic nitrogens is 1. The van der Waals surface area contributed by atoms with Crippen LogP contribution in [0.2, 0.25) is 0 Å². The Morgan fingerprint density at radius 2 is 1.82 bits per heavy atom. The van der Waals surface area contributed by atoms with Crippen molar-refractivity contribution in [3.63, 3.8) is 0 Å². The molecule has 1 aromatic heterocycles. The quantitative estimate of drug-likeness (QED) is 0.237. The first kappa shape index (κ1) is 26.5. The zero-order valence-corrected chi connectivity index (χ0v) is 22.7. The summed E-state index contributed by atoms with van der Waals surface area (Å²) < 4.78 is 22.8. The van der Waals surface area contributed by atoms with E-state index in [1.165, 1.54) is 0 Å². The van der Waals surface area contributed by atoms with Gasteiger partial charge in [0.05, 0.1) is 26.0 Å². The van der Waals surface area contributed by atoms with Crippen LogP contribution < -0.4 is 9.47 Å². The average molecular weight is 527 g/mol. The van der Waals surface area contributed by atoms with Gasteiger partial charge in [0.25, 0.3) is 0 Å². The van der Waals surface area contributed by atoms with E-state index in [4.69, 9.17) is 18.6 Å². The second kappa shape index (κ2) is 12.2.